The fourth-order valence-corrected chi connectivity index (χ4v) is 2.29. The molecule has 0 fully saturated rings. The summed E-state index contributed by atoms with van der Waals surface area (Å²) in [6, 6.07) is 14.0. The highest BCUT2D eigenvalue weighted by atomic mass is 35.5. The van der Waals surface area contributed by atoms with Crippen LogP contribution in [0.2, 0.25) is 10.0 Å². The predicted octanol–water partition coefficient (Wildman–Crippen LogP) is 5.07. The molecule has 2 aromatic carbocycles. The molecule has 2 rings (SSSR count). The first-order valence-corrected chi connectivity index (χ1v) is 7.70. The van der Waals surface area contributed by atoms with Crippen molar-refractivity contribution < 1.29 is 4.74 Å². The van der Waals surface area contributed by atoms with E-state index < -0.39 is 0 Å². The second kappa shape index (κ2) is 7.69. The van der Waals surface area contributed by atoms with Gasteiger partial charge in [-0.3, -0.25) is 0 Å². The molecular formula is C17H19Cl2NO. The largest absolute Gasteiger partial charge is 0.489 e. The van der Waals surface area contributed by atoms with Gasteiger partial charge in [-0.05, 0) is 12.1 Å². The van der Waals surface area contributed by atoms with Crippen LogP contribution in [0.5, 0.6) is 5.75 Å². The molecule has 112 valence electrons. The fraction of sp³-hybridized carbons (Fsp3) is 0.294. The van der Waals surface area contributed by atoms with E-state index in [1.54, 1.807) is 6.07 Å². The highest BCUT2D eigenvalue weighted by Crippen LogP contribution is 2.27. The summed E-state index contributed by atoms with van der Waals surface area (Å²) >= 11 is 12.2. The first kappa shape index (κ1) is 16.2. The third-order valence-corrected chi connectivity index (χ3v) is 3.95. The molecule has 0 bridgehead atoms. The predicted molar refractivity (Wildman–Crippen MR) is 89.2 cm³/mol. The summed E-state index contributed by atoms with van der Waals surface area (Å²) in [6.45, 7) is 5.42. The molecule has 0 heterocycles. The summed E-state index contributed by atoms with van der Waals surface area (Å²) in [4.78, 5) is 0. The average molecular weight is 324 g/mol. The summed E-state index contributed by atoms with van der Waals surface area (Å²) in [7, 11) is 0. The van der Waals surface area contributed by atoms with Crippen molar-refractivity contribution in [1.82, 2.24) is 5.32 Å². The summed E-state index contributed by atoms with van der Waals surface area (Å²) in [5.41, 5.74) is 2.01. The molecule has 2 nitrogen and oxygen atoms in total. The molecule has 4 heteroatoms. The number of ether oxygens (including phenoxy) is 1. The molecule has 0 spiro atoms. The number of para-hydroxylation sites is 1. The lowest BCUT2D eigenvalue weighted by atomic mass is 10.2. The maximum absolute atomic E-state index is 6.18. The second-order valence-electron chi connectivity index (χ2n) is 5.14. The molecule has 1 N–H and O–H groups in total. The highest BCUT2D eigenvalue weighted by molar-refractivity contribution is 6.42. The Balaban J connectivity index is 2.07. The van der Waals surface area contributed by atoms with Gasteiger partial charge < -0.3 is 10.1 Å². The van der Waals surface area contributed by atoms with Gasteiger partial charge >= 0.3 is 0 Å². The van der Waals surface area contributed by atoms with E-state index in [9.17, 15) is 0 Å². The standard InChI is InChI=1S/C17H19Cl2NO/c1-12(2)20-10-13-6-3-4-9-16(13)21-11-14-7-5-8-15(18)17(14)19/h3-9,12,20H,10-11H2,1-2H3. The number of rotatable bonds is 6. The number of hydrogen-bond donors (Lipinski definition) is 1. The lowest BCUT2D eigenvalue weighted by Crippen LogP contribution is -2.22. The maximum atomic E-state index is 6.18. The molecule has 21 heavy (non-hydrogen) atoms. The van der Waals surface area contributed by atoms with Gasteiger partial charge in [0.25, 0.3) is 0 Å². The first-order valence-electron chi connectivity index (χ1n) is 6.95. The van der Waals surface area contributed by atoms with Crippen molar-refractivity contribution in [1.29, 1.82) is 0 Å². The van der Waals surface area contributed by atoms with Crippen LogP contribution < -0.4 is 10.1 Å². The molecule has 0 atom stereocenters. The van der Waals surface area contributed by atoms with Gasteiger partial charge in [-0.1, -0.05) is 67.4 Å². The Morgan fingerprint density at radius 1 is 1.00 bits per heavy atom. The minimum absolute atomic E-state index is 0.401. The molecule has 2 aromatic rings. The Hall–Kier alpha value is -1.22. The molecule has 0 aromatic heterocycles. The molecule has 0 aliphatic rings. The first-order chi connectivity index (χ1) is 10.1. The third kappa shape index (κ3) is 4.63. The maximum Gasteiger partial charge on any atom is 0.124 e. The molecule has 0 aliphatic heterocycles. The summed E-state index contributed by atoms with van der Waals surface area (Å²) in [5.74, 6) is 0.863. The van der Waals surface area contributed by atoms with Crippen molar-refractivity contribution in [2.45, 2.75) is 33.0 Å². The molecule has 0 unspecified atom stereocenters. The number of benzene rings is 2. The van der Waals surface area contributed by atoms with Gasteiger partial charge in [0.1, 0.15) is 12.4 Å². The normalized spacial score (nSPS) is 10.9. The van der Waals surface area contributed by atoms with E-state index in [2.05, 4.69) is 25.2 Å². The minimum atomic E-state index is 0.401. The van der Waals surface area contributed by atoms with Crippen molar-refractivity contribution in [2.75, 3.05) is 0 Å². The number of halogens is 2. The van der Waals surface area contributed by atoms with Crippen LogP contribution in [0.4, 0.5) is 0 Å². The third-order valence-electron chi connectivity index (χ3n) is 3.09. The highest BCUT2D eigenvalue weighted by Gasteiger charge is 2.07. The molecule has 0 amide bonds. The zero-order valence-corrected chi connectivity index (χ0v) is 13.7. The summed E-state index contributed by atoms with van der Waals surface area (Å²) in [6.07, 6.45) is 0. The summed E-state index contributed by atoms with van der Waals surface area (Å²) < 4.78 is 5.91. The van der Waals surface area contributed by atoms with E-state index >= 15 is 0 Å². The topological polar surface area (TPSA) is 21.3 Å². The van der Waals surface area contributed by atoms with E-state index in [0.29, 0.717) is 22.7 Å². The quantitative estimate of drug-likeness (QED) is 0.801. The fourth-order valence-electron chi connectivity index (χ4n) is 1.92. The van der Waals surface area contributed by atoms with Crippen molar-refractivity contribution in [3.8, 4) is 5.75 Å². The van der Waals surface area contributed by atoms with Crippen LogP contribution in [0, 0.1) is 0 Å². The monoisotopic (exact) mass is 323 g/mol. The van der Waals surface area contributed by atoms with E-state index in [4.69, 9.17) is 27.9 Å². The zero-order chi connectivity index (χ0) is 15.2. The van der Waals surface area contributed by atoms with E-state index in [1.807, 2.05) is 30.3 Å². The van der Waals surface area contributed by atoms with Crippen LogP contribution in [0.3, 0.4) is 0 Å². The molecule has 0 aliphatic carbocycles. The number of nitrogens with one attached hydrogen (secondary N) is 1. The second-order valence-corrected chi connectivity index (χ2v) is 5.93. The van der Waals surface area contributed by atoms with E-state index in [0.717, 1.165) is 23.4 Å². The van der Waals surface area contributed by atoms with Crippen molar-refractivity contribution in [3.63, 3.8) is 0 Å². The van der Waals surface area contributed by atoms with Gasteiger partial charge in [-0.2, -0.15) is 0 Å². The van der Waals surface area contributed by atoms with Crippen LogP contribution in [0.25, 0.3) is 0 Å². The molecular weight excluding hydrogens is 305 g/mol. The minimum Gasteiger partial charge on any atom is -0.489 e. The smallest absolute Gasteiger partial charge is 0.124 e. The average Bonchev–Trinajstić information content (AvgIpc) is 2.47. The van der Waals surface area contributed by atoms with Gasteiger partial charge in [0.15, 0.2) is 0 Å². The zero-order valence-electron chi connectivity index (χ0n) is 12.2. The van der Waals surface area contributed by atoms with Crippen LogP contribution in [0.15, 0.2) is 42.5 Å². The Bertz CT molecular complexity index is 599. The number of hydrogen-bond acceptors (Lipinski definition) is 2. The Morgan fingerprint density at radius 2 is 1.71 bits per heavy atom. The molecule has 0 saturated heterocycles. The van der Waals surface area contributed by atoms with Gasteiger partial charge in [-0.25, -0.2) is 0 Å². The van der Waals surface area contributed by atoms with E-state index in [-0.39, 0.29) is 0 Å². The SMILES string of the molecule is CC(C)NCc1ccccc1OCc1cccc(Cl)c1Cl. The van der Waals surface area contributed by atoms with Crippen molar-refractivity contribution >= 4 is 23.2 Å². The van der Waals surface area contributed by atoms with Gasteiger partial charge in [0, 0.05) is 23.7 Å². The van der Waals surface area contributed by atoms with Crippen LogP contribution in [-0.2, 0) is 13.2 Å². The van der Waals surface area contributed by atoms with Gasteiger partial charge in [-0.15, -0.1) is 0 Å². The lowest BCUT2D eigenvalue weighted by Gasteiger charge is -2.14. The van der Waals surface area contributed by atoms with Crippen LogP contribution >= 0.6 is 23.2 Å². The van der Waals surface area contributed by atoms with Crippen molar-refractivity contribution in [2.24, 2.45) is 0 Å². The Morgan fingerprint density at radius 3 is 2.48 bits per heavy atom. The van der Waals surface area contributed by atoms with Crippen LogP contribution in [0.1, 0.15) is 25.0 Å². The van der Waals surface area contributed by atoms with E-state index in [1.165, 1.54) is 0 Å². The summed E-state index contributed by atoms with van der Waals surface area (Å²) in [5, 5.41) is 4.50. The molecule has 0 radical (unpaired) electrons. The molecule has 0 saturated carbocycles. The van der Waals surface area contributed by atoms with Crippen molar-refractivity contribution in [3.05, 3.63) is 63.6 Å². The Labute approximate surface area is 136 Å². The lowest BCUT2D eigenvalue weighted by molar-refractivity contribution is 0.302. The Kier molecular flexibility index (Phi) is 5.92. The van der Waals surface area contributed by atoms with Crippen LogP contribution in [-0.4, -0.2) is 6.04 Å². The van der Waals surface area contributed by atoms with Gasteiger partial charge in [0.05, 0.1) is 10.0 Å². The van der Waals surface area contributed by atoms with Gasteiger partial charge in [0.2, 0.25) is 0 Å².